The largest absolute Gasteiger partial charge is 0.544 e. The highest BCUT2D eigenvalue weighted by molar-refractivity contribution is 5.85. The van der Waals surface area contributed by atoms with E-state index in [1.165, 1.54) is 18.2 Å². The molecule has 0 spiro atoms. The Bertz CT molecular complexity index is 772. The van der Waals surface area contributed by atoms with Gasteiger partial charge in [-0.3, -0.25) is 0 Å². The SMILES string of the molecule is CC(C)(C)c1cccc(C(C)(C)C)c1OC(=O)C(F)(F)C(F)(F)C(F)(F)C(=O)[O-]. The standard InChI is InChI=1S/C19H22F6O4/c1-15(2,3)10-8-7-9-11(16(4,5)6)12(10)29-14(28)18(22,23)19(24,25)17(20,21)13(26)27/h7-9H,1-6H3,(H,26,27)/p-1. The summed E-state index contributed by atoms with van der Waals surface area (Å²) in [7, 11) is 0. The van der Waals surface area contributed by atoms with Crippen LogP contribution in [0.2, 0.25) is 0 Å². The molecule has 0 amide bonds. The minimum Gasteiger partial charge on any atom is -0.544 e. The van der Waals surface area contributed by atoms with Crippen LogP contribution in [0.1, 0.15) is 52.7 Å². The van der Waals surface area contributed by atoms with Crippen LogP contribution in [0.3, 0.4) is 0 Å². The summed E-state index contributed by atoms with van der Waals surface area (Å²) in [5.41, 5.74) is -1.24. The molecule has 1 aromatic rings. The molecule has 0 heterocycles. The molecule has 164 valence electrons. The van der Waals surface area contributed by atoms with Crippen LogP contribution in [0.25, 0.3) is 0 Å². The summed E-state index contributed by atoms with van der Waals surface area (Å²) in [5.74, 6) is -26.3. The van der Waals surface area contributed by atoms with Crippen molar-refractivity contribution < 1.29 is 45.8 Å². The maximum absolute atomic E-state index is 14.0. The highest BCUT2D eigenvalue weighted by atomic mass is 19.3. The zero-order valence-electron chi connectivity index (χ0n) is 16.6. The van der Waals surface area contributed by atoms with Gasteiger partial charge in [0.1, 0.15) is 11.7 Å². The number of benzene rings is 1. The third-order valence-corrected chi connectivity index (χ3v) is 4.13. The quantitative estimate of drug-likeness (QED) is 0.407. The molecule has 0 saturated heterocycles. The number of halogens is 6. The van der Waals surface area contributed by atoms with Gasteiger partial charge in [0.25, 0.3) is 0 Å². The van der Waals surface area contributed by atoms with Crippen molar-refractivity contribution >= 4 is 11.9 Å². The average Bonchev–Trinajstić information content (AvgIpc) is 2.52. The lowest BCUT2D eigenvalue weighted by molar-refractivity contribution is -0.365. The first-order valence-corrected chi connectivity index (χ1v) is 8.40. The summed E-state index contributed by atoms with van der Waals surface area (Å²) in [6.45, 7) is 9.77. The molecule has 1 rings (SSSR count). The van der Waals surface area contributed by atoms with Crippen molar-refractivity contribution in [3.63, 3.8) is 0 Å². The fraction of sp³-hybridized carbons (Fsp3) is 0.579. The van der Waals surface area contributed by atoms with Crippen LogP contribution in [-0.4, -0.2) is 29.7 Å². The molecule has 29 heavy (non-hydrogen) atoms. The Labute approximate surface area is 163 Å². The summed E-state index contributed by atoms with van der Waals surface area (Å²) in [6.07, 6.45) is 0. The van der Waals surface area contributed by atoms with Gasteiger partial charge in [0, 0.05) is 11.1 Å². The summed E-state index contributed by atoms with van der Waals surface area (Å²) in [6, 6.07) is 4.35. The second kappa shape index (κ2) is 7.21. The van der Waals surface area contributed by atoms with Crippen LogP contribution in [0.15, 0.2) is 18.2 Å². The van der Waals surface area contributed by atoms with Gasteiger partial charge >= 0.3 is 23.7 Å². The fourth-order valence-electron chi connectivity index (χ4n) is 2.44. The molecular formula is C19H21F6O4-. The number of hydrogen-bond acceptors (Lipinski definition) is 4. The van der Waals surface area contributed by atoms with Crippen molar-refractivity contribution in [1.29, 1.82) is 0 Å². The third-order valence-electron chi connectivity index (χ3n) is 4.13. The van der Waals surface area contributed by atoms with Crippen molar-refractivity contribution in [2.45, 2.75) is 70.1 Å². The topological polar surface area (TPSA) is 66.4 Å². The zero-order valence-corrected chi connectivity index (χ0v) is 16.6. The number of carbonyl (C=O) groups is 2. The van der Waals surface area contributed by atoms with E-state index in [-0.39, 0.29) is 11.1 Å². The molecule has 0 atom stereocenters. The van der Waals surface area contributed by atoms with E-state index in [1.807, 2.05) is 0 Å². The molecule has 0 bridgehead atoms. The third kappa shape index (κ3) is 4.35. The highest BCUT2D eigenvalue weighted by Gasteiger charge is 2.76. The Kier molecular flexibility index (Phi) is 6.16. The van der Waals surface area contributed by atoms with Crippen LogP contribution in [0.5, 0.6) is 5.75 Å². The lowest BCUT2D eigenvalue weighted by Crippen LogP contribution is -2.64. The molecule has 4 nitrogen and oxygen atoms in total. The number of carboxylic acids is 1. The molecule has 0 radical (unpaired) electrons. The number of hydrogen-bond donors (Lipinski definition) is 0. The van der Waals surface area contributed by atoms with Crippen molar-refractivity contribution in [2.75, 3.05) is 0 Å². The van der Waals surface area contributed by atoms with Gasteiger partial charge in [0.05, 0.1) is 0 Å². The van der Waals surface area contributed by atoms with Crippen LogP contribution in [0.4, 0.5) is 26.3 Å². The second-order valence-corrected chi connectivity index (χ2v) is 8.58. The van der Waals surface area contributed by atoms with E-state index in [1.54, 1.807) is 41.5 Å². The van der Waals surface area contributed by atoms with Gasteiger partial charge in [-0.05, 0) is 10.8 Å². The summed E-state index contributed by atoms with van der Waals surface area (Å²) < 4.78 is 86.1. The van der Waals surface area contributed by atoms with E-state index in [0.717, 1.165) is 0 Å². The molecule has 1 aromatic carbocycles. The predicted octanol–water partition coefficient (Wildman–Crippen LogP) is 3.84. The lowest BCUT2D eigenvalue weighted by Gasteiger charge is -2.33. The summed E-state index contributed by atoms with van der Waals surface area (Å²) >= 11 is 0. The van der Waals surface area contributed by atoms with E-state index in [9.17, 15) is 41.0 Å². The minimum absolute atomic E-state index is 0.184. The van der Waals surface area contributed by atoms with Crippen LogP contribution in [0, 0.1) is 0 Å². The number of para-hydroxylation sites is 1. The monoisotopic (exact) mass is 427 g/mol. The maximum atomic E-state index is 14.0. The van der Waals surface area contributed by atoms with Crippen molar-refractivity contribution in [1.82, 2.24) is 0 Å². The van der Waals surface area contributed by atoms with E-state index in [2.05, 4.69) is 4.74 Å². The van der Waals surface area contributed by atoms with Gasteiger partial charge in [-0.15, -0.1) is 0 Å². The van der Waals surface area contributed by atoms with Crippen molar-refractivity contribution in [2.24, 2.45) is 0 Å². The van der Waals surface area contributed by atoms with E-state index in [4.69, 9.17) is 0 Å². The van der Waals surface area contributed by atoms with E-state index in [0.29, 0.717) is 0 Å². The molecule has 0 aliphatic carbocycles. The predicted molar refractivity (Wildman–Crippen MR) is 89.3 cm³/mol. The first-order valence-electron chi connectivity index (χ1n) is 8.40. The molecule has 10 heteroatoms. The lowest BCUT2D eigenvalue weighted by atomic mass is 9.79. The summed E-state index contributed by atoms with van der Waals surface area (Å²) in [4.78, 5) is 22.1. The van der Waals surface area contributed by atoms with Crippen LogP contribution in [-0.2, 0) is 20.4 Å². The van der Waals surface area contributed by atoms with Gasteiger partial charge in [-0.1, -0.05) is 59.7 Å². The molecule has 0 aliphatic heterocycles. The second-order valence-electron chi connectivity index (χ2n) is 8.58. The van der Waals surface area contributed by atoms with Crippen molar-refractivity contribution in [3.05, 3.63) is 29.3 Å². The smallest absolute Gasteiger partial charge is 0.411 e. The molecule has 0 aromatic heterocycles. The van der Waals surface area contributed by atoms with Crippen LogP contribution < -0.4 is 9.84 Å². The number of alkyl halides is 6. The summed E-state index contributed by atoms with van der Waals surface area (Å²) in [5, 5.41) is 10.2. The van der Waals surface area contributed by atoms with E-state index >= 15 is 0 Å². The van der Waals surface area contributed by atoms with Gasteiger partial charge < -0.3 is 14.6 Å². The normalized spacial score (nSPS) is 13.9. The molecular weight excluding hydrogens is 406 g/mol. The molecule has 0 N–H and O–H groups in total. The molecule has 0 saturated carbocycles. The number of aliphatic carboxylic acids is 1. The van der Waals surface area contributed by atoms with Gasteiger partial charge in [-0.2, -0.15) is 26.3 Å². The Morgan fingerprint density at radius 2 is 1.17 bits per heavy atom. The Balaban J connectivity index is 3.58. The number of ether oxygens (including phenoxy) is 1. The number of carbonyl (C=O) groups excluding carboxylic acids is 2. The maximum Gasteiger partial charge on any atom is 0.411 e. The van der Waals surface area contributed by atoms with Gasteiger partial charge in [0.2, 0.25) is 0 Å². The van der Waals surface area contributed by atoms with Gasteiger partial charge in [0.15, 0.2) is 0 Å². The minimum atomic E-state index is -6.59. The zero-order chi connectivity index (χ0) is 23.2. The molecule has 0 fully saturated rings. The number of carboxylic acid groups (broad SMARTS) is 1. The van der Waals surface area contributed by atoms with Crippen LogP contribution >= 0.6 is 0 Å². The average molecular weight is 427 g/mol. The van der Waals surface area contributed by atoms with E-state index < -0.39 is 46.3 Å². The Hall–Kier alpha value is -2.26. The first-order chi connectivity index (χ1) is 12.7. The first kappa shape index (κ1) is 24.8. The fourth-order valence-corrected chi connectivity index (χ4v) is 2.44. The van der Waals surface area contributed by atoms with Gasteiger partial charge in [-0.25, -0.2) is 4.79 Å². The Morgan fingerprint density at radius 1 is 0.793 bits per heavy atom. The number of rotatable bonds is 5. The molecule has 0 aliphatic rings. The molecule has 0 unspecified atom stereocenters. The Morgan fingerprint density at radius 3 is 1.48 bits per heavy atom. The highest BCUT2D eigenvalue weighted by Crippen LogP contribution is 2.47. The number of esters is 1. The van der Waals surface area contributed by atoms with Crippen molar-refractivity contribution in [3.8, 4) is 5.75 Å².